The molecule has 4 heteroatoms. The average molecular weight is 236 g/mol. The molecule has 3 nitrogen and oxygen atoms in total. The summed E-state index contributed by atoms with van der Waals surface area (Å²) in [5.41, 5.74) is 0.0472. The molecule has 0 unspecified atom stereocenters. The van der Waals surface area contributed by atoms with Gasteiger partial charge in [0.1, 0.15) is 0 Å². The van der Waals surface area contributed by atoms with E-state index in [-0.39, 0.29) is 5.56 Å². The molecule has 0 aromatic carbocycles. The van der Waals surface area contributed by atoms with E-state index in [0.717, 1.165) is 24.6 Å². The third-order valence-corrected chi connectivity index (χ3v) is 2.90. The van der Waals surface area contributed by atoms with E-state index in [1.165, 1.54) is 0 Å². The molecule has 0 saturated carbocycles. The Morgan fingerprint density at radius 1 is 1.44 bits per heavy atom. The smallest absolute Gasteiger partial charge is 0.250 e. The van der Waals surface area contributed by atoms with Crippen LogP contribution in [0.15, 0.2) is 29.2 Å². The molecule has 0 atom stereocenters. The van der Waals surface area contributed by atoms with E-state index in [1.54, 1.807) is 34.7 Å². The SMILES string of the molecule is C#CCSCCNCCn1ccccc1=O. The molecule has 0 aliphatic rings. The van der Waals surface area contributed by atoms with Crippen molar-refractivity contribution in [1.82, 2.24) is 9.88 Å². The van der Waals surface area contributed by atoms with Crippen molar-refractivity contribution in [2.45, 2.75) is 6.54 Å². The number of nitrogens with one attached hydrogen (secondary N) is 1. The highest BCUT2D eigenvalue weighted by molar-refractivity contribution is 7.99. The Morgan fingerprint density at radius 2 is 2.31 bits per heavy atom. The summed E-state index contributed by atoms with van der Waals surface area (Å²) in [5.74, 6) is 4.35. The van der Waals surface area contributed by atoms with Crippen LogP contribution in [0, 0.1) is 12.3 Å². The lowest BCUT2D eigenvalue weighted by Crippen LogP contribution is -2.27. The number of nitrogens with zero attached hydrogens (tertiary/aromatic N) is 1. The lowest BCUT2D eigenvalue weighted by atomic mass is 10.4. The third kappa shape index (κ3) is 5.06. The Labute approximate surface area is 100 Å². The summed E-state index contributed by atoms with van der Waals surface area (Å²) in [4.78, 5) is 11.3. The minimum Gasteiger partial charge on any atom is -0.314 e. The van der Waals surface area contributed by atoms with Crippen molar-refractivity contribution in [1.29, 1.82) is 0 Å². The number of thioether (sulfide) groups is 1. The summed E-state index contributed by atoms with van der Waals surface area (Å²) < 4.78 is 1.70. The summed E-state index contributed by atoms with van der Waals surface area (Å²) in [7, 11) is 0. The molecule has 1 N–H and O–H groups in total. The van der Waals surface area contributed by atoms with Gasteiger partial charge in [-0.3, -0.25) is 4.79 Å². The Hall–Kier alpha value is -1.18. The largest absolute Gasteiger partial charge is 0.314 e. The highest BCUT2D eigenvalue weighted by atomic mass is 32.2. The van der Waals surface area contributed by atoms with Crippen LogP contribution in [0.25, 0.3) is 0 Å². The van der Waals surface area contributed by atoms with E-state index < -0.39 is 0 Å². The van der Waals surface area contributed by atoms with Gasteiger partial charge in [0, 0.05) is 37.7 Å². The Kier molecular flexibility index (Phi) is 6.47. The van der Waals surface area contributed by atoms with Gasteiger partial charge in [-0.25, -0.2) is 0 Å². The van der Waals surface area contributed by atoms with Crippen LogP contribution in [-0.4, -0.2) is 29.2 Å². The van der Waals surface area contributed by atoms with Crippen LogP contribution in [0.1, 0.15) is 0 Å². The van der Waals surface area contributed by atoms with Crippen LogP contribution >= 0.6 is 11.8 Å². The lowest BCUT2D eigenvalue weighted by molar-refractivity contribution is 0.601. The molecule has 0 aliphatic carbocycles. The molecule has 0 aliphatic heterocycles. The molecular weight excluding hydrogens is 220 g/mol. The maximum absolute atomic E-state index is 11.3. The van der Waals surface area contributed by atoms with Crippen molar-refractivity contribution in [3.05, 3.63) is 34.7 Å². The van der Waals surface area contributed by atoms with Gasteiger partial charge in [0.2, 0.25) is 0 Å². The Morgan fingerprint density at radius 3 is 3.06 bits per heavy atom. The van der Waals surface area contributed by atoms with Crippen molar-refractivity contribution >= 4 is 11.8 Å². The molecule has 0 fully saturated rings. The standard InChI is InChI=1S/C12H16N2OS/c1-2-10-16-11-7-13-6-9-14-8-4-3-5-12(14)15/h1,3-5,8,13H,6-7,9-11H2. The monoisotopic (exact) mass is 236 g/mol. The Bertz CT molecular complexity index is 394. The molecule has 86 valence electrons. The predicted octanol–water partition coefficient (Wildman–Crippen LogP) is 0.804. The molecule has 0 bridgehead atoms. The van der Waals surface area contributed by atoms with Crippen LogP contribution in [-0.2, 0) is 6.54 Å². The fourth-order valence-corrected chi connectivity index (χ4v) is 1.80. The van der Waals surface area contributed by atoms with Crippen molar-refractivity contribution in [3.8, 4) is 12.3 Å². The zero-order valence-electron chi connectivity index (χ0n) is 9.19. The predicted molar refractivity (Wildman–Crippen MR) is 69.7 cm³/mol. The second kappa shape index (κ2) is 8.03. The van der Waals surface area contributed by atoms with Crippen LogP contribution in [0.4, 0.5) is 0 Å². The molecular formula is C12H16N2OS. The van der Waals surface area contributed by atoms with Crippen LogP contribution in [0.5, 0.6) is 0 Å². The van der Waals surface area contributed by atoms with Gasteiger partial charge >= 0.3 is 0 Å². The van der Waals surface area contributed by atoms with Crippen molar-refractivity contribution in [2.24, 2.45) is 0 Å². The fraction of sp³-hybridized carbons (Fsp3) is 0.417. The molecule has 1 heterocycles. The molecule has 1 rings (SSSR count). The molecule has 0 amide bonds. The molecule has 16 heavy (non-hydrogen) atoms. The van der Waals surface area contributed by atoms with E-state index in [4.69, 9.17) is 6.42 Å². The van der Waals surface area contributed by atoms with Gasteiger partial charge in [-0.05, 0) is 6.07 Å². The minimum atomic E-state index is 0.0472. The van der Waals surface area contributed by atoms with E-state index in [0.29, 0.717) is 6.54 Å². The van der Waals surface area contributed by atoms with Gasteiger partial charge in [-0.1, -0.05) is 12.0 Å². The summed E-state index contributed by atoms with van der Waals surface area (Å²) in [6.07, 6.45) is 6.94. The first-order valence-corrected chi connectivity index (χ1v) is 6.37. The zero-order valence-corrected chi connectivity index (χ0v) is 10.0. The second-order valence-corrected chi connectivity index (χ2v) is 4.34. The maximum atomic E-state index is 11.3. The number of aromatic nitrogens is 1. The number of hydrogen-bond acceptors (Lipinski definition) is 3. The molecule has 1 aromatic rings. The lowest BCUT2D eigenvalue weighted by Gasteiger charge is -2.06. The van der Waals surface area contributed by atoms with Crippen molar-refractivity contribution in [3.63, 3.8) is 0 Å². The minimum absolute atomic E-state index is 0.0472. The number of rotatable bonds is 7. The van der Waals surface area contributed by atoms with Gasteiger partial charge in [-0.2, -0.15) is 0 Å². The van der Waals surface area contributed by atoms with Crippen LogP contribution < -0.4 is 10.9 Å². The molecule has 0 spiro atoms. The number of pyridine rings is 1. The highest BCUT2D eigenvalue weighted by Gasteiger charge is 1.93. The van der Waals surface area contributed by atoms with Gasteiger partial charge in [0.05, 0.1) is 5.75 Å². The number of terminal acetylenes is 1. The number of hydrogen-bond donors (Lipinski definition) is 1. The van der Waals surface area contributed by atoms with Gasteiger partial charge < -0.3 is 9.88 Å². The first-order valence-electron chi connectivity index (χ1n) is 5.22. The van der Waals surface area contributed by atoms with E-state index >= 15 is 0 Å². The summed E-state index contributed by atoms with van der Waals surface area (Å²) in [6, 6.07) is 5.19. The quantitative estimate of drug-likeness (QED) is 0.562. The van der Waals surface area contributed by atoms with Crippen molar-refractivity contribution in [2.75, 3.05) is 24.6 Å². The summed E-state index contributed by atoms with van der Waals surface area (Å²) >= 11 is 1.74. The normalized spacial score (nSPS) is 9.94. The first kappa shape index (κ1) is 12.9. The van der Waals surface area contributed by atoms with E-state index in [1.807, 2.05) is 6.07 Å². The topological polar surface area (TPSA) is 34.0 Å². The van der Waals surface area contributed by atoms with Gasteiger partial charge in [0.15, 0.2) is 0 Å². The second-order valence-electron chi connectivity index (χ2n) is 3.24. The zero-order chi connectivity index (χ0) is 11.6. The fourth-order valence-electron chi connectivity index (χ4n) is 1.25. The van der Waals surface area contributed by atoms with Crippen molar-refractivity contribution < 1.29 is 0 Å². The summed E-state index contributed by atoms with van der Waals surface area (Å²) in [6.45, 7) is 2.44. The van der Waals surface area contributed by atoms with Gasteiger partial charge in [-0.15, -0.1) is 18.2 Å². The first-order chi connectivity index (χ1) is 7.84. The summed E-state index contributed by atoms with van der Waals surface area (Å²) in [5, 5.41) is 3.27. The maximum Gasteiger partial charge on any atom is 0.250 e. The Balaban J connectivity index is 2.10. The van der Waals surface area contributed by atoms with E-state index in [2.05, 4.69) is 11.2 Å². The van der Waals surface area contributed by atoms with Gasteiger partial charge in [0.25, 0.3) is 5.56 Å². The molecule has 0 radical (unpaired) electrons. The van der Waals surface area contributed by atoms with Crippen LogP contribution in [0.3, 0.4) is 0 Å². The highest BCUT2D eigenvalue weighted by Crippen LogP contribution is 1.94. The molecule has 1 aromatic heterocycles. The van der Waals surface area contributed by atoms with E-state index in [9.17, 15) is 4.79 Å². The molecule has 0 saturated heterocycles. The average Bonchev–Trinajstić information content (AvgIpc) is 2.30. The third-order valence-electron chi connectivity index (χ3n) is 2.04. The van der Waals surface area contributed by atoms with Crippen LogP contribution in [0.2, 0.25) is 0 Å².